The van der Waals surface area contributed by atoms with Crippen molar-refractivity contribution < 1.29 is 14.5 Å². The molecule has 2 aromatic rings. The number of amides is 1. The number of ether oxygens (including phenoxy) is 1. The fourth-order valence-corrected chi connectivity index (χ4v) is 2.02. The van der Waals surface area contributed by atoms with Crippen LogP contribution in [0.1, 0.15) is 0 Å². The maximum Gasteiger partial charge on any atom is 0.377 e. The van der Waals surface area contributed by atoms with E-state index in [1.165, 1.54) is 18.2 Å². The zero-order valence-corrected chi connectivity index (χ0v) is 13.2. The summed E-state index contributed by atoms with van der Waals surface area (Å²) in [5.41, 5.74) is 2.51. The van der Waals surface area contributed by atoms with E-state index in [4.69, 9.17) is 27.9 Å². The number of rotatable bonds is 6. The van der Waals surface area contributed by atoms with Crippen LogP contribution < -0.4 is 21.1 Å². The monoisotopic (exact) mass is 373 g/mol. The largest absolute Gasteiger partial charge is 0.482 e. The second-order valence-electron chi connectivity index (χ2n) is 4.22. The lowest BCUT2D eigenvalue weighted by Crippen LogP contribution is -2.35. The molecule has 0 spiro atoms. The number of nitrogens with one attached hydrogen (secondary N) is 3. The van der Waals surface area contributed by atoms with Crippen molar-refractivity contribution >= 4 is 40.6 Å². The topological polar surface area (TPSA) is 139 Å². The zero-order valence-electron chi connectivity index (χ0n) is 11.7. The molecule has 3 N–H and O–H groups in total. The van der Waals surface area contributed by atoms with Crippen molar-refractivity contribution in [1.29, 1.82) is 0 Å². The second kappa shape index (κ2) is 7.62. The van der Waals surface area contributed by atoms with E-state index in [9.17, 15) is 19.7 Å². The molecular weight excluding hydrogens is 365 g/mol. The van der Waals surface area contributed by atoms with Gasteiger partial charge in [-0.05, 0) is 18.2 Å². The molecule has 24 heavy (non-hydrogen) atoms. The molecule has 10 nitrogen and oxygen atoms in total. The van der Waals surface area contributed by atoms with Gasteiger partial charge in [-0.1, -0.05) is 23.2 Å². The highest BCUT2D eigenvalue weighted by atomic mass is 35.5. The lowest BCUT2D eigenvalue weighted by molar-refractivity contribution is -0.385. The number of nitrogens with zero attached hydrogens (tertiary/aromatic N) is 2. The molecule has 0 aliphatic carbocycles. The number of benzene rings is 1. The van der Waals surface area contributed by atoms with Crippen molar-refractivity contribution in [2.24, 2.45) is 0 Å². The minimum absolute atomic E-state index is 0.218. The average molecular weight is 374 g/mol. The quantitative estimate of drug-likeness (QED) is 0.514. The Morgan fingerprint density at radius 1 is 1.42 bits per heavy atom. The Labute approximate surface area is 143 Å². The van der Waals surface area contributed by atoms with Gasteiger partial charge in [-0.2, -0.15) is 0 Å². The van der Waals surface area contributed by atoms with E-state index < -0.39 is 34.5 Å². The number of hydrazine groups is 1. The number of H-pyrrole nitrogens is 1. The number of halogens is 2. The van der Waals surface area contributed by atoms with Crippen molar-refractivity contribution in [2.75, 3.05) is 12.0 Å². The minimum Gasteiger partial charge on any atom is -0.482 e. The summed E-state index contributed by atoms with van der Waals surface area (Å²) in [6.45, 7) is -0.439. The number of carbonyl (C=O) groups is 1. The number of hydrogen-bond acceptors (Lipinski definition) is 7. The van der Waals surface area contributed by atoms with Crippen LogP contribution in [-0.4, -0.2) is 27.4 Å². The fourth-order valence-electron chi connectivity index (χ4n) is 1.55. The lowest BCUT2D eigenvalue weighted by Gasteiger charge is -2.10. The maximum absolute atomic E-state index is 11.7. The zero-order chi connectivity index (χ0) is 17.7. The molecule has 0 aliphatic heterocycles. The van der Waals surface area contributed by atoms with Crippen molar-refractivity contribution in [3.05, 3.63) is 55.0 Å². The Hall–Kier alpha value is -2.85. The molecule has 0 radical (unpaired) electrons. The van der Waals surface area contributed by atoms with E-state index in [0.717, 1.165) is 6.33 Å². The van der Waals surface area contributed by atoms with Crippen molar-refractivity contribution in [3.8, 4) is 5.75 Å². The smallest absolute Gasteiger partial charge is 0.377 e. The van der Waals surface area contributed by atoms with Gasteiger partial charge >= 0.3 is 11.2 Å². The molecule has 0 unspecified atom stereocenters. The van der Waals surface area contributed by atoms with Crippen LogP contribution in [0.15, 0.2) is 29.3 Å². The van der Waals surface area contributed by atoms with Crippen LogP contribution in [0.5, 0.6) is 5.75 Å². The Kier molecular flexibility index (Phi) is 5.55. The normalized spacial score (nSPS) is 10.1. The molecule has 2 rings (SSSR count). The maximum atomic E-state index is 11.7. The van der Waals surface area contributed by atoms with Gasteiger partial charge in [-0.3, -0.25) is 30.6 Å². The van der Waals surface area contributed by atoms with Crippen LogP contribution in [-0.2, 0) is 4.79 Å². The molecule has 0 atom stereocenters. The standard InChI is InChI=1S/C12H9Cl2N5O5/c13-6-1-2-8(7(14)3-6)24-4-9(20)17-18-11-10(19(22)23)12(21)16-5-15-11/h1-3,5H,4H2,(H,17,20)(H2,15,16,18,21). The Morgan fingerprint density at radius 2 is 2.17 bits per heavy atom. The third kappa shape index (κ3) is 4.33. The highest BCUT2D eigenvalue weighted by Crippen LogP contribution is 2.27. The summed E-state index contributed by atoms with van der Waals surface area (Å²) < 4.78 is 5.18. The fraction of sp³-hybridized carbons (Fsp3) is 0.0833. The highest BCUT2D eigenvalue weighted by molar-refractivity contribution is 6.35. The van der Waals surface area contributed by atoms with Crippen LogP contribution in [0.3, 0.4) is 0 Å². The first-order valence-electron chi connectivity index (χ1n) is 6.23. The molecule has 0 saturated carbocycles. The second-order valence-corrected chi connectivity index (χ2v) is 5.07. The Bertz CT molecular complexity index is 841. The van der Waals surface area contributed by atoms with Crippen molar-refractivity contribution in [1.82, 2.24) is 15.4 Å². The summed E-state index contributed by atoms with van der Waals surface area (Å²) in [5, 5.41) is 11.4. The summed E-state index contributed by atoms with van der Waals surface area (Å²) in [5.74, 6) is -0.865. The minimum atomic E-state index is -0.962. The molecule has 1 aromatic carbocycles. The first-order valence-corrected chi connectivity index (χ1v) is 6.99. The third-order valence-corrected chi connectivity index (χ3v) is 3.11. The third-order valence-electron chi connectivity index (χ3n) is 2.58. The summed E-state index contributed by atoms with van der Waals surface area (Å²) in [6, 6.07) is 4.45. The molecule has 126 valence electrons. The van der Waals surface area contributed by atoms with E-state index in [0.29, 0.717) is 5.02 Å². The predicted octanol–water partition coefficient (Wildman–Crippen LogP) is 1.51. The van der Waals surface area contributed by atoms with E-state index in [1.54, 1.807) is 0 Å². The molecule has 0 saturated heterocycles. The van der Waals surface area contributed by atoms with Gasteiger partial charge in [0, 0.05) is 5.02 Å². The van der Waals surface area contributed by atoms with Crippen LogP contribution >= 0.6 is 23.2 Å². The van der Waals surface area contributed by atoms with E-state index in [1.807, 2.05) is 0 Å². The molecule has 1 amide bonds. The predicted molar refractivity (Wildman–Crippen MR) is 85.2 cm³/mol. The number of hydrogen-bond donors (Lipinski definition) is 3. The average Bonchev–Trinajstić information content (AvgIpc) is 2.51. The van der Waals surface area contributed by atoms with Crippen molar-refractivity contribution in [2.45, 2.75) is 0 Å². The number of aromatic amines is 1. The van der Waals surface area contributed by atoms with Gasteiger partial charge in [0.1, 0.15) is 5.75 Å². The summed E-state index contributed by atoms with van der Waals surface area (Å²) in [7, 11) is 0. The van der Waals surface area contributed by atoms with E-state index in [2.05, 4.69) is 20.8 Å². The van der Waals surface area contributed by atoms with Gasteiger partial charge in [0.15, 0.2) is 6.61 Å². The molecule has 1 aromatic heterocycles. The van der Waals surface area contributed by atoms with Crippen molar-refractivity contribution in [3.63, 3.8) is 0 Å². The summed E-state index contributed by atoms with van der Waals surface area (Å²) in [4.78, 5) is 38.6. The highest BCUT2D eigenvalue weighted by Gasteiger charge is 2.20. The van der Waals surface area contributed by atoms with Gasteiger partial charge in [0.2, 0.25) is 5.82 Å². The lowest BCUT2D eigenvalue weighted by atomic mass is 10.3. The van der Waals surface area contributed by atoms with Gasteiger partial charge in [0.25, 0.3) is 5.91 Å². The van der Waals surface area contributed by atoms with Gasteiger partial charge in [0.05, 0.1) is 16.3 Å². The summed E-state index contributed by atoms with van der Waals surface area (Å²) >= 11 is 11.6. The van der Waals surface area contributed by atoms with Crippen LogP contribution in [0.25, 0.3) is 0 Å². The number of anilines is 1. The van der Waals surface area contributed by atoms with Gasteiger partial charge < -0.3 is 9.72 Å². The Morgan fingerprint density at radius 3 is 2.83 bits per heavy atom. The number of carbonyl (C=O) groups excluding carboxylic acids is 1. The van der Waals surface area contributed by atoms with Crippen LogP contribution in [0.2, 0.25) is 10.0 Å². The molecular formula is C12H9Cl2N5O5. The first kappa shape index (κ1) is 17.5. The first-order chi connectivity index (χ1) is 11.4. The molecule has 0 bridgehead atoms. The molecule has 1 heterocycles. The van der Waals surface area contributed by atoms with Gasteiger partial charge in [-0.25, -0.2) is 4.98 Å². The molecule has 0 aliphatic rings. The van der Waals surface area contributed by atoms with E-state index >= 15 is 0 Å². The number of nitro groups is 1. The SMILES string of the molecule is O=C(COc1ccc(Cl)cc1Cl)NNc1nc[nH]c(=O)c1[N+](=O)[O-]. The van der Waals surface area contributed by atoms with Crippen LogP contribution in [0, 0.1) is 10.1 Å². The Balaban J connectivity index is 1.96. The van der Waals surface area contributed by atoms with Crippen LogP contribution in [0.4, 0.5) is 11.5 Å². The van der Waals surface area contributed by atoms with E-state index in [-0.39, 0.29) is 10.8 Å². The number of aromatic nitrogens is 2. The molecule has 0 fully saturated rings. The molecule has 12 heteroatoms. The van der Waals surface area contributed by atoms with Gasteiger partial charge in [-0.15, -0.1) is 0 Å². The summed E-state index contributed by atoms with van der Waals surface area (Å²) in [6.07, 6.45) is 0.952.